The first-order valence-electron chi connectivity index (χ1n) is 9.48. The van der Waals surface area contributed by atoms with Gasteiger partial charge in [0.1, 0.15) is 17.5 Å². The van der Waals surface area contributed by atoms with Crippen molar-refractivity contribution in [3.63, 3.8) is 0 Å². The van der Waals surface area contributed by atoms with Gasteiger partial charge in [0.15, 0.2) is 0 Å². The van der Waals surface area contributed by atoms with Gasteiger partial charge in [0.2, 0.25) is 5.95 Å². The number of likely N-dealkylation sites (N-methyl/N-ethyl adjacent to an activating group) is 2. The Morgan fingerprint density at radius 1 is 1.10 bits per heavy atom. The van der Waals surface area contributed by atoms with E-state index < -0.39 is 0 Å². The number of halogens is 1. The van der Waals surface area contributed by atoms with Crippen LogP contribution in [0.3, 0.4) is 0 Å². The molecule has 30 heavy (non-hydrogen) atoms. The van der Waals surface area contributed by atoms with Crippen LogP contribution in [0.5, 0.6) is 0 Å². The summed E-state index contributed by atoms with van der Waals surface area (Å²) in [5.41, 5.74) is 6.48. The molecule has 3 rings (SSSR count). The molecule has 0 radical (unpaired) electrons. The summed E-state index contributed by atoms with van der Waals surface area (Å²) in [4.78, 5) is 18.1. The number of benzene rings is 1. The van der Waals surface area contributed by atoms with Crippen molar-refractivity contribution in [1.29, 1.82) is 0 Å². The highest BCUT2D eigenvalue weighted by atomic mass is 32.2. The smallest absolute Gasteiger partial charge is 0.223 e. The molecule has 2 heterocycles. The van der Waals surface area contributed by atoms with Crippen LogP contribution < -0.4 is 16.0 Å². The van der Waals surface area contributed by atoms with Crippen LogP contribution in [0.25, 0.3) is 0 Å². The zero-order valence-corrected chi connectivity index (χ0v) is 18.3. The van der Waals surface area contributed by atoms with Crippen LogP contribution >= 0.6 is 11.8 Å². The molecule has 0 aliphatic rings. The summed E-state index contributed by atoms with van der Waals surface area (Å²) in [6, 6.07) is 10.8. The van der Waals surface area contributed by atoms with Gasteiger partial charge >= 0.3 is 0 Å². The van der Waals surface area contributed by atoms with Crippen molar-refractivity contribution in [2.24, 2.45) is 0 Å². The van der Waals surface area contributed by atoms with Crippen LogP contribution in [0, 0.1) is 5.82 Å². The molecule has 7 nitrogen and oxygen atoms in total. The Morgan fingerprint density at radius 2 is 1.83 bits per heavy atom. The summed E-state index contributed by atoms with van der Waals surface area (Å²) in [5, 5.41) is 3.12. The highest BCUT2D eigenvalue weighted by Gasteiger charge is 2.13. The number of nitrogens with zero attached hydrogens (tertiary/aromatic N) is 5. The van der Waals surface area contributed by atoms with E-state index in [4.69, 9.17) is 5.73 Å². The Labute approximate surface area is 180 Å². The third-order valence-corrected chi connectivity index (χ3v) is 5.68. The minimum absolute atomic E-state index is 0.157. The molecule has 0 saturated heterocycles. The molecule has 0 bridgehead atoms. The van der Waals surface area contributed by atoms with Gasteiger partial charge < -0.3 is 20.9 Å². The van der Waals surface area contributed by atoms with E-state index in [0.29, 0.717) is 28.3 Å². The van der Waals surface area contributed by atoms with Crippen LogP contribution in [0.4, 0.5) is 27.7 Å². The van der Waals surface area contributed by atoms with Gasteiger partial charge in [-0.05, 0) is 51.4 Å². The number of pyridine rings is 1. The fraction of sp³-hybridized carbons (Fsp3) is 0.286. The molecule has 2 aromatic heterocycles. The molecular weight excluding hydrogens is 401 g/mol. The Bertz CT molecular complexity index is 984. The van der Waals surface area contributed by atoms with Gasteiger partial charge in [0.25, 0.3) is 0 Å². The van der Waals surface area contributed by atoms with Crippen molar-refractivity contribution in [3.8, 4) is 0 Å². The molecule has 1 atom stereocenters. The standard InChI is InChI=1S/C21H26FN7S/c1-14(28(2)3)13-29(4)20-12-19(26-21(23)27-20)25-15-5-6-18(17(22)11-15)30-16-7-9-24-10-8-16/h5-12,14H,13H2,1-4H3,(H3,23,25,26,27). The topological polar surface area (TPSA) is 83.2 Å². The van der Waals surface area contributed by atoms with Gasteiger partial charge in [0.05, 0.1) is 0 Å². The predicted molar refractivity (Wildman–Crippen MR) is 121 cm³/mol. The first-order valence-corrected chi connectivity index (χ1v) is 10.3. The van der Waals surface area contributed by atoms with E-state index in [1.807, 2.05) is 44.2 Å². The summed E-state index contributed by atoms with van der Waals surface area (Å²) in [5.74, 6) is 1.05. The van der Waals surface area contributed by atoms with Gasteiger partial charge in [0, 0.05) is 53.6 Å². The molecule has 3 N–H and O–H groups in total. The maximum absolute atomic E-state index is 14.6. The molecule has 1 unspecified atom stereocenters. The lowest BCUT2D eigenvalue weighted by Crippen LogP contribution is -2.37. The van der Waals surface area contributed by atoms with E-state index in [9.17, 15) is 4.39 Å². The van der Waals surface area contributed by atoms with Crippen molar-refractivity contribution < 1.29 is 4.39 Å². The molecule has 1 aromatic carbocycles. The average molecular weight is 428 g/mol. The van der Waals surface area contributed by atoms with Crippen molar-refractivity contribution >= 4 is 35.0 Å². The Balaban J connectivity index is 1.74. The fourth-order valence-corrected chi connectivity index (χ4v) is 3.51. The van der Waals surface area contributed by atoms with Crippen LogP contribution in [0.2, 0.25) is 0 Å². The molecule has 0 amide bonds. The number of aromatic nitrogens is 3. The summed E-state index contributed by atoms with van der Waals surface area (Å²) in [7, 11) is 6.02. The van der Waals surface area contributed by atoms with Crippen molar-refractivity contribution in [2.75, 3.05) is 43.6 Å². The van der Waals surface area contributed by atoms with Gasteiger partial charge in [-0.25, -0.2) is 4.39 Å². The lowest BCUT2D eigenvalue weighted by atomic mass is 10.3. The highest BCUT2D eigenvalue weighted by molar-refractivity contribution is 7.99. The second-order valence-electron chi connectivity index (χ2n) is 7.22. The summed E-state index contributed by atoms with van der Waals surface area (Å²) in [6.45, 7) is 2.91. The SMILES string of the molecule is CC(CN(C)c1cc(Nc2ccc(Sc3ccncc3)c(F)c2)nc(N)n1)N(C)C. The maximum Gasteiger partial charge on any atom is 0.223 e. The van der Waals surface area contributed by atoms with Crippen LogP contribution in [-0.4, -0.2) is 53.6 Å². The highest BCUT2D eigenvalue weighted by Crippen LogP contribution is 2.31. The molecule has 3 aromatic rings. The predicted octanol–water partition coefficient (Wildman–Crippen LogP) is 3.87. The van der Waals surface area contributed by atoms with Gasteiger partial charge in [-0.15, -0.1) is 0 Å². The fourth-order valence-electron chi connectivity index (χ4n) is 2.71. The minimum Gasteiger partial charge on any atom is -0.368 e. The Kier molecular flexibility index (Phi) is 7.07. The van der Waals surface area contributed by atoms with E-state index in [2.05, 4.69) is 32.1 Å². The normalized spacial score (nSPS) is 12.1. The Hall–Kier alpha value is -2.91. The number of anilines is 4. The number of nitrogen functional groups attached to an aromatic ring is 1. The molecule has 0 aliphatic carbocycles. The first kappa shape index (κ1) is 21.8. The molecule has 9 heteroatoms. The number of hydrogen-bond donors (Lipinski definition) is 2. The number of rotatable bonds is 8. The van der Waals surface area contributed by atoms with Gasteiger partial charge in [-0.2, -0.15) is 9.97 Å². The van der Waals surface area contributed by atoms with E-state index >= 15 is 0 Å². The molecular formula is C21H26FN7S. The molecule has 0 saturated carbocycles. The second-order valence-corrected chi connectivity index (χ2v) is 8.33. The van der Waals surface area contributed by atoms with Crippen LogP contribution in [-0.2, 0) is 0 Å². The molecule has 0 spiro atoms. The molecule has 0 fully saturated rings. The number of nitrogens with one attached hydrogen (secondary N) is 1. The largest absolute Gasteiger partial charge is 0.368 e. The monoisotopic (exact) mass is 427 g/mol. The van der Waals surface area contributed by atoms with Gasteiger partial charge in [-0.1, -0.05) is 11.8 Å². The summed E-state index contributed by atoms with van der Waals surface area (Å²) < 4.78 is 14.6. The van der Waals surface area contributed by atoms with E-state index in [1.54, 1.807) is 24.5 Å². The minimum atomic E-state index is -0.319. The lowest BCUT2D eigenvalue weighted by molar-refractivity contribution is 0.317. The van der Waals surface area contributed by atoms with Crippen molar-refractivity contribution in [2.45, 2.75) is 22.8 Å². The number of hydrogen-bond acceptors (Lipinski definition) is 8. The zero-order valence-electron chi connectivity index (χ0n) is 17.5. The van der Waals surface area contributed by atoms with Crippen LogP contribution in [0.1, 0.15) is 6.92 Å². The molecule has 0 aliphatic heterocycles. The third kappa shape index (κ3) is 5.80. The lowest BCUT2D eigenvalue weighted by Gasteiger charge is -2.27. The van der Waals surface area contributed by atoms with Crippen molar-refractivity contribution in [3.05, 3.63) is 54.6 Å². The van der Waals surface area contributed by atoms with E-state index in [-0.39, 0.29) is 11.8 Å². The van der Waals surface area contributed by atoms with Gasteiger partial charge in [-0.3, -0.25) is 4.98 Å². The molecule has 158 valence electrons. The van der Waals surface area contributed by atoms with E-state index in [0.717, 1.165) is 11.4 Å². The third-order valence-electron chi connectivity index (χ3n) is 4.62. The summed E-state index contributed by atoms with van der Waals surface area (Å²) in [6.07, 6.45) is 3.37. The average Bonchev–Trinajstić information content (AvgIpc) is 2.70. The number of nitrogens with two attached hydrogens (primary N) is 1. The Morgan fingerprint density at radius 3 is 2.50 bits per heavy atom. The zero-order chi connectivity index (χ0) is 21.7. The summed E-state index contributed by atoms with van der Waals surface area (Å²) >= 11 is 1.35. The second kappa shape index (κ2) is 9.73. The van der Waals surface area contributed by atoms with E-state index in [1.165, 1.54) is 17.8 Å². The maximum atomic E-state index is 14.6. The van der Waals surface area contributed by atoms with Crippen molar-refractivity contribution in [1.82, 2.24) is 19.9 Å². The first-order chi connectivity index (χ1) is 14.3. The van der Waals surface area contributed by atoms with Crippen LogP contribution in [0.15, 0.2) is 58.6 Å². The quantitative estimate of drug-likeness (QED) is 0.561.